The summed E-state index contributed by atoms with van der Waals surface area (Å²) in [5.74, 6) is 0.955. The second-order valence-electron chi connectivity index (χ2n) is 6.66. The van der Waals surface area contributed by atoms with Gasteiger partial charge in [0.15, 0.2) is 5.82 Å². The normalized spacial score (nSPS) is 15.6. The van der Waals surface area contributed by atoms with Crippen LogP contribution in [0.5, 0.6) is 0 Å². The molecule has 1 aromatic carbocycles. The molecule has 0 radical (unpaired) electrons. The number of amides is 2. The smallest absolute Gasteiger partial charge is 0.319 e. The number of benzene rings is 1. The van der Waals surface area contributed by atoms with Gasteiger partial charge in [-0.3, -0.25) is 0 Å². The molecule has 0 unspecified atom stereocenters. The van der Waals surface area contributed by atoms with Crippen molar-refractivity contribution in [1.82, 2.24) is 20.0 Å². The maximum absolute atomic E-state index is 12.1. The van der Waals surface area contributed by atoms with Crippen molar-refractivity contribution in [2.24, 2.45) is 0 Å². The molecule has 2 aromatic rings. The zero-order valence-electron chi connectivity index (χ0n) is 14.9. The molecule has 1 aromatic heterocycles. The molecule has 3 rings (SSSR count). The summed E-state index contributed by atoms with van der Waals surface area (Å²) in [4.78, 5) is 17.9. The van der Waals surface area contributed by atoms with Crippen LogP contribution < -0.4 is 4.90 Å². The van der Waals surface area contributed by atoms with E-state index in [2.05, 4.69) is 27.2 Å². The molecule has 1 fully saturated rings. The lowest BCUT2D eigenvalue weighted by atomic mass is 10.0. The van der Waals surface area contributed by atoms with E-state index in [1.165, 1.54) is 0 Å². The van der Waals surface area contributed by atoms with E-state index in [-0.39, 0.29) is 12.1 Å². The van der Waals surface area contributed by atoms with Crippen LogP contribution in [-0.4, -0.2) is 66.3 Å². The summed E-state index contributed by atoms with van der Waals surface area (Å²) in [7, 11) is 5.48. The fourth-order valence-electron chi connectivity index (χ4n) is 3.39. The zero-order chi connectivity index (χ0) is 17.3. The van der Waals surface area contributed by atoms with E-state index in [1.54, 1.807) is 19.0 Å². The van der Waals surface area contributed by atoms with Crippen molar-refractivity contribution in [2.75, 3.05) is 39.1 Å². The number of anilines is 1. The summed E-state index contributed by atoms with van der Waals surface area (Å²) >= 11 is 0. The number of nitrogens with zero attached hydrogens (tertiary/aromatic N) is 5. The van der Waals surface area contributed by atoms with Gasteiger partial charge in [0.1, 0.15) is 0 Å². The number of aryl methyl sites for hydroxylation is 1. The Kier molecular flexibility index (Phi) is 4.55. The fraction of sp³-hybridized carbons (Fsp3) is 0.500. The van der Waals surface area contributed by atoms with Crippen molar-refractivity contribution in [1.29, 1.82) is 0 Å². The van der Waals surface area contributed by atoms with Crippen LogP contribution in [0.4, 0.5) is 10.6 Å². The Labute approximate surface area is 143 Å². The summed E-state index contributed by atoms with van der Waals surface area (Å²) in [6, 6.07) is 8.63. The van der Waals surface area contributed by atoms with E-state index in [1.807, 2.05) is 31.0 Å². The average molecular weight is 327 g/mol. The molecule has 6 heteroatoms. The summed E-state index contributed by atoms with van der Waals surface area (Å²) in [5, 5.41) is 11.1. The Morgan fingerprint density at radius 3 is 2.33 bits per heavy atom. The van der Waals surface area contributed by atoms with Crippen LogP contribution >= 0.6 is 0 Å². The van der Waals surface area contributed by atoms with Gasteiger partial charge in [0.25, 0.3) is 0 Å². The number of hydrogen-bond acceptors (Lipinski definition) is 4. The number of urea groups is 1. The highest BCUT2D eigenvalue weighted by molar-refractivity contribution is 5.93. The van der Waals surface area contributed by atoms with Crippen molar-refractivity contribution in [3.05, 3.63) is 30.0 Å². The number of carbonyl (C=O) groups is 1. The predicted octanol–water partition coefficient (Wildman–Crippen LogP) is 2.52. The van der Waals surface area contributed by atoms with Crippen molar-refractivity contribution >= 4 is 22.6 Å². The van der Waals surface area contributed by atoms with Gasteiger partial charge in [-0.25, -0.2) is 4.79 Å². The summed E-state index contributed by atoms with van der Waals surface area (Å²) in [6.45, 7) is 3.77. The van der Waals surface area contributed by atoms with Crippen LogP contribution in [0.3, 0.4) is 0 Å². The largest absolute Gasteiger partial charge is 0.354 e. The SMILES string of the molecule is Cc1nnc(N2CCC(N(C)C(=O)N(C)C)CC2)c2ccccc12. The molecule has 6 nitrogen and oxygen atoms in total. The van der Waals surface area contributed by atoms with Gasteiger partial charge in [-0.15, -0.1) is 5.10 Å². The number of fused-ring (bicyclic) bond motifs is 1. The van der Waals surface area contributed by atoms with E-state index < -0.39 is 0 Å². The first kappa shape index (κ1) is 16.5. The minimum atomic E-state index is 0.0639. The Morgan fingerprint density at radius 2 is 1.71 bits per heavy atom. The van der Waals surface area contributed by atoms with Crippen LogP contribution in [0.25, 0.3) is 10.8 Å². The van der Waals surface area contributed by atoms with Gasteiger partial charge in [0.2, 0.25) is 0 Å². The van der Waals surface area contributed by atoms with Crippen LogP contribution in [0.15, 0.2) is 24.3 Å². The van der Waals surface area contributed by atoms with Crippen LogP contribution in [0.1, 0.15) is 18.5 Å². The van der Waals surface area contributed by atoms with Gasteiger partial charge in [0.05, 0.1) is 5.69 Å². The molecule has 0 atom stereocenters. The molecule has 0 saturated carbocycles. The van der Waals surface area contributed by atoms with Gasteiger partial charge in [0, 0.05) is 51.0 Å². The first-order valence-electron chi connectivity index (χ1n) is 8.40. The van der Waals surface area contributed by atoms with Gasteiger partial charge in [-0.05, 0) is 19.8 Å². The number of hydrogen-bond donors (Lipinski definition) is 0. The molecule has 0 spiro atoms. The first-order chi connectivity index (χ1) is 11.5. The Hall–Kier alpha value is -2.37. The molecule has 2 heterocycles. The Balaban J connectivity index is 1.76. The first-order valence-corrected chi connectivity index (χ1v) is 8.40. The van der Waals surface area contributed by atoms with Gasteiger partial charge < -0.3 is 14.7 Å². The number of carbonyl (C=O) groups excluding carboxylic acids is 1. The minimum Gasteiger partial charge on any atom is -0.354 e. The quantitative estimate of drug-likeness (QED) is 0.850. The molecule has 1 aliphatic rings. The standard InChI is InChI=1S/C18H25N5O/c1-13-15-7-5-6-8-16(15)17(20-19-13)23-11-9-14(10-12-23)22(4)18(24)21(2)3/h5-8,14H,9-12H2,1-4H3. The lowest BCUT2D eigenvalue weighted by Gasteiger charge is -2.38. The summed E-state index contributed by atoms with van der Waals surface area (Å²) in [6.07, 6.45) is 1.89. The molecule has 1 saturated heterocycles. The van der Waals surface area contributed by atoms with Gasteiger partial charge in [-0.2, -0.15) is 5.10 Å². The summed E-state index contributed by atoms with van der Waals surface area (Å²) in [5.41, 5.74) is 0.959. The molecule has 0 aliphatic carbocycles. The second kappa shape index (κ2) is 6.63. The molecule has 0 N–H and O–H groups in total. The van der Waals surface area contributed by atoms with Crippen molar-refractivity contribution in [3.8, 4) is 0 Å². The topological polar surface area (TPSA) is 52.6 Å². The van der Waals surface area contributed by atoms with E-state index >= 15 is 0 Å². The average Bonchev–Trinajstić information content (AvgIpc) is 2.61. The molecule has 2 amide bonds. The Morgan fingerprint density at radius 1 is 1.08 bits per heavy atom. The van der Waals surface area contributed by atoms with Crippen molar-refractivity contribution < 1.29 is 4.79 Å². The van der Waals surface area contributed by atoms with E-state index in [0.717, 1.165) is 48.2 Å². The third-order valence-corrected chi connectivity index (χ3v) is 4.85. The molecule has 0 bridgehead atoms. The maximum Gasteiger partial charge on any atom is 0.319 e. The lowest BCUT2D eigenvalue weighted by molar-refractivity contribution is 0.155. The number of rotatable bonds is 2. The van der Waals surface area contributed by atoms with Crippen molar-refractivity contribution in [3.63, 3.8) is 0 Å². The zero-order valence-corrected chi connectivity index (χ0v) is 14.9. The number of aromatic nitrogens is 2. The van der Waals surface area contributed by atoms with Crippen LogP contribution in [0.2, 0.25) is 0 Å². The predicted molar refractivity (Wildman–Crippen MR) is 96.4 cm³/mol. The Bertz CT molecular complexity index is 737. The third kappa shape index (κ3) is 3.00. The minimum absolute atomic E-state index is 0.0639. The van der Waals surface area contributed by atoms with Gasteiger partial charge >= 0.3 is 6.03 Å². The number of piperidine rings is 1. The van der Waals surface area contributed by atoms with E-state index in [4.69, 9.17) is 0 Å². The van der Waals surface area contributed by atoms with Gasteiger partial charge in [-0.1, -0.05) is 24.3 Å². The highest BCUT2D eigenvalue weighted by Gasteiger charge is 2.27. The van der Waals surface area contributed by atoms with E-state index in [9.17, 15) is 4.79 Å². The van der Waals surface area contributed by atoms with Crippen molar-refractivity contribution in [2.45, 2.75) is 25.8 Å². The second-order valence-corrected chi connectivity index (χ2v) is 6.66. The lowest BCUT2D eigenvalue weighted by Crippen LogP contribution is -2.48. The molecule has 24 heavy (non-hydrogen) atoms. The third-order valence-electron chi connectivity index (χ3n) is 4.85. The highest BCUT2D eigenvalue weighted by Crippen LogP contribution is 2.28. The monoisotopic (exact) mass is 327 g/mol. The fourth-order valence-corrected chi connectivity index (χ4v) is 3.39. The van der Waals surface area contributed by atoms with Crippen LogP contribution in [-0.2, 0) is 0 Å². The molecular weight excluding hydrogens is 302 g/mol. The van der Waals surface area contributed by atoms with E-state index in [0.29, 0.717) is 0 Å². The maximum atomic E-state index is 12.1. The van der Waals surface area contributed by atoms with Crippen LogP contribution in [0, 0.1) is 6.92 Å². The molecule has 1 aliphatic heterocycles. The molecule has 128 valence electrons. The molecular formula is C18H25N5O. The summed E-state index contributed by atoms with van der Waals surface area (Å²) < 4.78 is 0. The highest BCUT2D eigenvalue weighted by atomic mass is 16.2.